The van der Waals surface area contributed by atoms with Gasteiger partial charge < -0.3 is 14.5 Å². The molecule has 10 heteroatoms. The van der Waals surface area contributed by atoms with Gasteiger partial charge >= 0.3 is 0 Å². The zero-order chi connectivity index (χ0) is 24.2. The van der Waals surface area contributed by atoms with E-state index in [1.165, 1.54) is 11.3 Å². The van der Waals surface area contributed by atoms with Crippen LogP contribution in [0.2, 0.25) is 0 Å². The predicted molar refractivity (Wildman–Crippen MR) is 131 cm³/mol. The maximum atomic E-state index is 12.8. The number of anilines is 2. The Morgan fingerprint density at radius 3 is 2.71 bits per heavy atom. The highest BCUT2D eigenvalue weighted by Gasteiger charge is 2.36. The number of carbonyl (C=O) groups excluding carboxylic acids is 3. The summed E-state index contributed by atoms with van der Waals surface area (Å²) in [5.74, 6) is -1.10. The van der Waals surface area contributed by atoms with Crippen molar-refractivity contribution in [3.8, 4) is 0 Å². The third kappa shape index (κ3) is 5.07. The van der Waals surface area contributed by atoms with Gasteiger partial charge in [-0.3, -0.25) is 25.2 Å². The highest BCUT2D eigenvalue weighted by atomic mass is 32.1. The van der Waals surface area contributed by atoms with Crippen molar-refractivity contribution in [3.05, 3.63) is 40.4 Å². The van der Waals surface area contributed by atoms with Gasteiger partial charge in [-0.25, -0.2) is 4.98 Å². The summed E-state index contributed by atoms with van der Waals surface area (Å²) in [7, 11) is 0. The smallest absolute Gasteiger partial charge is 0.281 e. The molecule has 2 N–H and O–H groups in total. The van der Waals surface area contributed by atoms with Crippen LogP contribution in [0.1, 0.15) is 53.5 Å². The molecule has 34 heavy (non-hydrogen) atoms. The number of para-hydroxylation sites is 1. The van der Waals surface area contributed by atoms with Crippen molar-refractivity contribution in [2.45, 2.75) is 39.5 Å². The molecule has 4 rings (SSSR count). The molecule has 2 aliphatic heterocycles. The average Bonchev–Trinajstić information content (AvgIpc) is 3.45. The number of amides is 3. The van der Waals surface area contributed by atoms with E-state index in [1.807, 2.05) is 24.3 Å². The highest BCUT2D eigenvalue weighted by Crippen LogP contribution is 2.33. The molecule has 2 aromatic rings. The predicted octanol–water partition coefficient (Wildman–Crippen LogP) is 2.62. The first-order valence-electron chi connectivity index (χ1n) is 11.7. The van der Waals surface area contributed by atoms with Crippen molar-refractivity contribution < 1.29 is 19.1 Å². The van der Waals surface area contributed by atoms with Crippen LogP contribution in [-0.4, -0.2) is 55.6 Å². The fourth-order valence-electron chi connectivity index (χ4n) is 4.25. The summed E-state index contributed by atoms with van der Waals surface area (Å²) in [4.78, 5) is 47.0. The van der Waals surface area contributed by atoms with Crippen molar-refractivity contribution in [1.29, 1.82) is 0 Å². The molecular formula is C24H31N5O4S. The third-order valence-electron chi connectivity index (χ3n) is 6.44. The van der Waals surface area contributed by atoms with Crippen LogP contribution in [0.5, 0.6) is 0 Å². The standard InChI is InChI=1S/C24H31N5O4S/c1-4-15(2)18-7-5-6-8-19(18)29-14-17(13-20(29)30)22(31)26-27-23(32)21-16(3)25-24(34-21)28-9-11-33-12-10-28/h5-8,15,17H,4,9-14H2,1-3H3,(H,26,31)(H,27,32). The Morgan fingerprint density at radius 1 is 1.24 bits per heavy atom. The van der Waals surface area contributed by atoms with Crippen LogP contribution in [0, 0.1) is 12.8 Å². The van der Waals surface area contributed by atoms with Gasteiger partial charge in [0.15, 0.2) is 5.13 Å². The number of benzene rings is 1. The van der Waals surface area contributed by atoms with Crippen molar-refractivity contribution in [3.63, 3.8) is 0 Å². The second-order valence-electron chi connectivity index (χ2n) is 8.73. The quantitative estimate of drug-likeness (QED) is 0.610. The number of aromatic nitrogens is 1. The molecular weight excluding hydrogens is 454 g/mol. The Morgan fingerprint density at radius 2 is 1.97 bits per heavy atom. The molecule has 2 saturated heterocycles. The summed E-state index contributed by atoms with van der Waals surface area (Å²) in [5.41, 5.74) is 7.58. The zero-order valence-corrected chi connectivity index (χ0v) is 20.6. The van der Waals surface area contributed by atoms with E-state index in [1.54, 1.807) is 11.8 Å². The van der Waals surface area contributed by atoms with Crippen molar-refractivity contribution >= 4 is 39.9 Å². The molecule has 1 aromatic carbocycles. The van der Waals surface area contributed by atoms with Crippen LogP contribution >= 0.6 is 11.3 Å². The minimum atomic E-state index is -0.538. The number of morpholine rings is 1. The average molecular weight is 486 g/mol. The SMILES string of the molecule is CCC(C)c1ccccc1N1CC(C(=O)NNC(=O)c2sc(N3CCOCC3)nc2C)CC1=O. The number of thiazole rings is 1. The molecule has 1 aromatic heterocycles. The molecule has 2 aliphatic rings. The van der Waals surface area contributed by atoms with Crippen LogP contribution in [-0.2, 0) is 14.3 Å². The van der Waals surface area contributed by atoms with Gasteiger partial charge in [-0.15, -0.1) is 0 Å². The molecule has 2 fully saturated rings. The number of rotatable bonds is 6. The van der Waals surface area contributed by atoms with E-state index in [-0.39, 0.29) is 24.8 Å². The lowest BCUT2D eigenvalue weighted by molar-refractivity contribution is -0.126. The lowest BCUT2D eigenvalue weighted by Crippen LogP contribution is -2.45. The van der Waals surface area contributed by atoms with E-state index in [9.17, 15) is 14.4 Å². The van der Waals surface area contributed by atoms with E-state index in [0.717, 1.165) is 35.9 Å². The Balaban J connectivity index is 1.37. The molecule has 0 saturated carbocycles. The first kappa shape index (κ1) is 24.2. The second kappa shape index (κ2) is 10.5. The summed E-state index contributed by atoms with van der Waals surface area (Å²) in [6, 6.07) is 7.84. The summed E-state index contributed by atoms with van der Waals surface area (Å²) in [5, 5.41) is 0.772. The van der Waals surface area contributed by atoms with E-state index >= 15 is 0 Å². The lowest BCUT2D eigenvalue weighted by atomic mass is 9.96. The fourth-order valence-corrected chi connectivity index (χ4v) is 5.26. The Kier molecular flexibility index (Phi) is 7.47. The van der Waals surface area contributed by atoms with E-state index in [4.69, 9.17) is 4.74 Å². The van der Waals surface area contributed by atoms with Crippen LogP contribution in [0.3, 0.4) is 0 Å². The molecule has 3 heterocycles. The number of hydrogen-bond acceptors (Lipinski definition) is 7. The minimum Gasteiger partial charge on any atom is -0.378 e. The largest absolute Gasteiger partial charge is 0.378 e. The van der Waals surface area contributed by atoms with Gasteiger partial charge in [0.25, 0.3) is 5.91 Å². The molecule has 9 nitrogen and oxygen atoms in total. The summed E-state index contributed by atoms with van der Waals surface area (Å²) in [6.45, 7) is 9.04. The van der Waals surface area contributed by atoms with Gasteiger partial charge in [-0.05, 0) is 30.9 Å². The number of aryl methyl sites for hydroxylation is 1. The number of nitrogens with one attached hydrogen (secondary N) is 2. The van der Waals surface area contributed by atoms with Gasteiger partial charge in [0.2, 0.25) is 11.8 Å². The first-order valence-corrected chi connectivity index (χ1v) is 12.5. The Bertz CT molecular complexity index is 1070. The van der Waals surface area contributed by atoms with Gasteiger partial charge in [0.1, 0.15) is 4.88 Å². The number of ether oxygens (including phenoxy) is 1. The minimum absolute atomic E-state index is 0.0873. The summed E-state index contributed by atoms with van der Waals surface area (Å²) in [6.07, 6.45) is 1.07. The molecule has 3 amide bonds. The Hall–Kier alpha value is -2.98. The maximum Gasteiger partial charge on any atom is 0.281 e. The van der Waals surface area contributed by atoms with Crippen LogP contribution in [0.4, 0.5) is 10.8 Å². The number of carbonyl (C=O) groups is 3. The lowest BCUT2D eigenvalue weighted by Gasteiger charge is -2.25. The maximum absolute atomic E-state index is 12.8. The van der Waals surface area contributed by atoms with Gasteiger partial charge in [-0.1, -0.05) is 43.4 Å². The molecule has 0 bridgehead atoms. The summed E-state index contributed by atoms with van der Waals surface area (Å²) >= 11 is 1.30. The molecule has 2 atom stereocenters. The van der Waals surface area contributed by atoms with Crippen LogP contribution < -0.4 is 20.7 Å². The normalized spacial score (nSPS) is 19.3. The topological polar surface area (TPSA) is 104 Å². The van der Waals surface area contributed by atoms with Crippen molar-refractivity contribution in [2.75, 3.05) is 42.6 Å². The summed E-state index contributed by atoms with van der Waals surface area (Å²) < 4.78 is 5.37. The zero-order valence-electron chi connectivity index (χ0n) is 19.8. The first-order chi connectivity index (χ1) is 16.4. The van der Waals surface area contributed by atoms with E-state index in [0.29, 0.717) is 29.7 Å². The van der Waals surface area contributed by atoms with Crippen molar-refractivity contribution in [1.82, 2.24) is 15.8 Å². The highest BCUT2D eigenvalue weighted by molar-refractivity contribution is 7.17. The van der Waals surface area contributed by atoms with E-state index < -0.39 is 11.8 Å². The molecule has 0 aliphatic carbocycles. The molecule has 0 spiro atoms. The van der Waals surface area contributed by atoms with Gasteiger partial charge in [-0.2, -0.15) is 0 Å². The second-order valence-corrected chi connectivity index (χ2v) is 9.70. The molecule has 0 radical (unpaired) electrons. The van der Waals surface area contributed by atoms with Gasteiger partial charge in [0.05, 0.1) is 24.8 Å². The molecule has 2 unspecified atom stereocenters. The number of hydrogen-bond donors (Lipinski definition) is 2. The Labute approximate surface area is 203 Å². The van der Waals surface area contributed by atoms with Crippen LogP contribution in [0.25, 0.3) is 0 Å². The molecule has 182 valence electrons. The fraction of sp³-hybridized carbons (Fsp3) is 0.500. The number of nitrogens with zero attached hydrogens (tertiary/aromatic N) is 3. The van der Waals surface area contributed by atoms with E-state index in [2.05, 4.69) is 34.6 Å². The monoisotopic (exact) mass is 485 g/mol. The van der Waals surface area contributed by atoms with Crippen LogP contribution in [0.15, 0.2) is 24.3 Å². The third-order valence-corrected chi connectivity index (χ3v) is 7.66. The van der Waals surface area contributed by atoms with Crippen molar-refractivity contribution in [2.24, 2.45) is 5.92 Å². The number of hydrazine groups is 1. The van der Waals surface area contributed by atoms with Gasteiger partial charge in [0, 0.05) is 31.7 Å².